The van der Waals surface area contributed by atoms with Crippen molar-refractivity contribution in [1.82, 2.24) is 20.1 Å². The highest BCUT2D eigenvalue weighted by Gasteiger charge is 2.38. The largest absolute Gasteiger partial charge is 0.497 e. The predicted octanol–water partition coefficient (Wildman–Crippen LogP) is 3.35. The third kappa shape index (κ3) is 5.35. The molecule has 1 fully saturated rings. The van der Waals surface area contributed by atoms with Gasteiger partial charge in [0, 0.05) is 47.3 Å². The third-order valence-corrected chi connectivity index (χ3v) is 6.40. The Bertz CT molecular complexity index is 1160. The highest BCUT2D eigenvalue weighted by molar-refractivity contribution is 7.85. The lowest BCUT2D eigenvalue weighted by Crippen LogP contribution is -2.48. The van der Waals surface area contributed by atoms with Gasteiger partial charge in [0.05, 0.1) is 24.9 Å². The first-order valence-electron chi connectivity index (χ1n) is 10.2. The first kappa shape index (κ1) is 23.7. The predicted molar refractivity (Wildman–Crippen MR) is 117 cm³/mol. The molecule has 0 aliphatic carbocycles. The Hall–Kier alpha value is -3.48. The number of aromatic nitrogens is 3. The summed E-state index contributed by atoms with van der Waals surface area (Å²) in [7, 11) is 0.606. The number of alkyl halides is 3. The molecule has 0 saturated carbocycles. The Balaban J connectivity index is 1.56. The minimum absolute atomic E-state index is 0.0999. The summed E-state index contributed by atoms with van der Waals surface area (Å²) in [6, 6.07) is 9.74. The summed E-state index contributed by atoms with van der Waals surface area (Å²) in [6.07, 6.45) is -3.43. The number of carbonyl (C=O) groups is 1. The highest BCUT2D eigenvalue weighted by Crippen LogP contribution is 2.30. The first-order chi connectivity index (χ1) is 16.2. The van der Waals surface area contributed by atoms with E-state index in [-0.39, 0.29) is 24.0 Å². The summed E-state index contributed by atoms with van der Waals surface area (Å²) in [6.45, 7) is 0.856. The molecule has 9 nitrogen and oxygen atoms in total. The van der Waals surface area contributed by atoms with Crippen LogP contribution in [0.3, 0.4) is 0 Å². The van der Waals surface area contributed by atoms with E-state index < -0.39 is 22.9 Å². The molecule has 0 bridgehead atoms. The maximum absolute atomic E-state index is 13.3. The molecule has 2 amide bonds. The maximum Gasteiger partial charge on any atom is 0.470 e. The monoisotopic (exact) mass is 495 g/mol. The van der Waals surface area contributed by atoms with Gasteiger partial charge in [-0.25, -0.2) is 4.79 Å². The van der Waals surface area contributed by atoms with Gasteiger partial charge >= 0.3 is 18.1 Å². The molecule has 0 atom stereocenters. The number of hydrogen-bond acceptors (Lipinski definition) is 7. The van der Waals surface area contributed by atoms with Crippen molar-refractivity contribution in [2.24, 2.45) is 0 Å². The fourth-order valence-electron chi connectivity index (χ4n) is 3.29. The maximum atomic E-state index is 13.3. The van der Waals surface area contributed by atoms with Crippen LogP contribution in [-0.2, 0) is 23.5 Å². The number of methoxy groups -OCH3 is 1. The number of hydrogen-bond donors (Lipinski definition) is 0. The van der Waals surface area contributed by atoms with E-state index >= 15 is 0 Å². The fraction of sp³-hybridized carbons (Fsp3) is 0.333. The average molecular weight is 495 g/mol. The summed E-state index contributed by atoms with van der Waals surface area (Å²) in [4.78, 5) is 20.7. The van der Waals surface area contributed by atoms with Crippen LogP contribution in [-0.4, -0.2) is 62.0 Å². The lowest BCUT2D eigenvalue weighted by Gasteiger charge is -2.32. The Morgan fingerprint density at radius 3 is 2.41 bits per heavy atom. The fourth-order valence-corrected chi connectivity index (χ4v) is 4.34. The summed E-state index contributed by atoms with van der Waals surface area (Å²) in [5.41, 5.74) is 1.31. The van der Waals surface area contributed by atoms with Crippen molar-refractivity contribution < 1.29 is 31.3 Å². The van der Waals surface area contributed by atoms with Crippen molar-refractivity contribution in [3.8, 4) is 17.2 Å². The first-order valence-corrected chi connectivity index (χ1v) is 11.6. The molecule has 0 unspecified atom stereocenters. The minimum Gasteiger partial charge on any atom is -0.497 e. The second-order valence-corrected chi connectivity index (χ2v) is 9.05. The van der Waals surface area contributed by atoms with E-state index in [0.29, 0.717) is 41.7 Å². The molecule has 0 radical (unpaired) electrons. The van der Waals surface area contributed by atoms with E-state index in [1.807, 2.05) is 0 Å². The van der Waals surface area contributed by atoms with Gasteiger partial charge in [-0.1, -0.05) is 0 Å². The summed E-state index contributed by atoms with van der Waals surface area (Å²) < 4.78 is 59.7. The molecule has 13 heteroatoms. The summed E-state index contributed by atoms with van der Waals surface area (Å²) in [5.74, 6) is -0.288. The second-order valence-electron chi connectivity index (χ2n) is 7.35. The molecule has 2 aromatic heterocycles. The number of rotatable bonds is 5. The van der Waals surface area contributed by atoms with Crippen molar-refractivity contribution >= 4 is 22.5 Å². The van der Waals surface area contributed by atoms with Crippen LogP contribution in [0, 0.1) is 0 Å². The lowest BCUT2D eigenvalue weighted by atomic mass is 10.2. The zero-order valence-corrected chi connectivity index (χ0v) is 18.8. The van der Waals surface area contributed by atoms with Crippen LogP contribution in [0.5, 0.6) is 5.75 Å². The number of carbonyl (C=O) groups excluding carboxylic acids is 1. The van der Waals surface area contributed by atoms with Crippen LogP contribution in [0.25, 0.3) is 11.5 Å². The van der Waals surface area contributed by atoms with Gasteiger partial charge in [0.15, 0.2) is 0 Å². The number of halogens is 3. The molecular weight excluding hydrogens is 475 g/mol. The highest BCUT2D eigenvalue weighted by atomic mass is 32.2. The number of nitrogens with zero attached hydrogens (tertiary/aromatic N) is 5. The van der Waals surface area contributed by atoms with Gasteiger partial charge in [-0.3, -0.25) is 14.1 Å². The summed E-state index contributed by atoms with van der Waals surface area (Å²) >= 11 is 0. The molecule has 34 heavy (non-hydrogen) atoms. The van der Waals surface area contributed by atoms with E-state index in [9.17, 15) is 22.2 Å². The smallest absolute Gasteiger partial charge is 0.470 e. The van der Waals surface area contributed by atoms with Crippen molar-refractivity contribution in [2.45, 2.75) is 12.7 Å². The number of benzene rings is 1. The Kier molecular flexibility index (Phi) is 6.82. The molecule has 1 aliphatic heterocycles. The Labute approximate surface area is 195 Å². The SMILES string of the molecule is COc1ccc(N(Cc2ccc(-c3nnc(C(F)(F)F)o3)cn2)C(=O)N2CCS(=O)CC2)cc1. The van der Waals surface area contributed by atoms with Crippen molar-refractivity contribution in [3.05, 3.63) is 54.2 Å². The molecule has 3 aromatic rings. The number of amides is 2. The van der Waals surface area contributed by atoms with Crippen LogP contribution in [0.15, 0.2) is 47.0 Å². The van der Waals surface area contributed by atoms with Gasteiger partial charge in [0.1, 0.15) is 5.75 Å². The zero-order chi connectivity index (χ0) is 24.3. The van der Waals surface area contributed by atoms with Gasteiger partial charge in [-0.15, -0.1) is 10.2 Å². The quantitative estimate of drug-likeness (QED) is 0.535. The Morgan fingerprint density at radius 2 is 1.85 bits per heavy atom. The van der Waals surface area contributed by atoms with E-state index in [1.54, 1.807) is 35.2 Å². The molecule has 4 rings (SSSR count). The zero-order valence-electron chi connectivity index (χ0n) is 18.0. The summed E-state index contributed by atoms with van der Waals surface area (Å²) in [5, 5.41) is 6.43. The molecule has 0 N–H and O–H groups in total. The van der Waals surface area contributed by atoms with Crippen molar-refractivity contribution in [1.29, 1.82) is 0 Å². The van der Waals surface area contributed by atoms with E-state index in [2.05, 4.69) is 19.6 Å². The van der Waals surface area contributed by atoms with E-state index in [1.165, 1.54) is 24.3 Å². The second kappa shape index (κ2) is 9.79. The molecule has 1 aliphatic rings. The Morgan fingerprint density at radius 1 is 1.15 bits per heavy atom. The van der Waals surface area contributed by atoms with Gasteiger partial charge < -0.3 is 14.1 Å². The van der Waals surface area contributed by atoms with E-state index in [0.717, 1.165) is 0 Å². The average Bonchev–Trinajstić information content (AvgIpc) is 3.34. The van der Waals surface area contributed by atoms with Crippen LogP contribution in [0.4, 0.5) is 23.7 Å². The normalized spacial score (nSPS) is 14.8. The third-order valence-electron chi connectivity index (χ3n) is 5.12. The molecule has 0 spiro atoms. The number of ether oxygens (including phenoxy) is 1. The molecule has 1 aromatic carbocycles. The molecule has 1 saturated heterocycles. The van der Waals surface area contributed by atoms with Gasteiger partial charge in [0.25, 0.3) is 0 Å². The van der Waals surface area contributed by atoms with Crippen LogP contribution < -0.4 is 9.64 Å². The molecule has 3 heterocycles. The van der Waals surface area contributed by atoms with Crippen molar-refractivity contribution in [2.75, 3.05) is 36.6 Å². The topological polar surface area (TPSA) is 102 Å². The number of urea groups is 1. The van der Waals surface area contributed by atoms with E-state index in [4.69, 9.17) is 4.74 Å². The van der Waals surface area contributed by atoms with Crippen molar-refractivity contribution in [3.63, 3.8) is 0 Å². The lowest BCUT2D eigenvalue weighted by molar-refractivity contribution is -0.156. The van der Waals surface area contributed by atoms with Gasteiger partial charge in [-0.2, -0.15) is 13.2 Å². The minimum atomic E-state index is -4.74. The number of pyridine rings is 1. The number of anilines is 1. The molecule has 180 valence electrons. The standard InChI is InChI=1S/C21H20F3N5O4S/c1-32-17-6-4-16(5-7-17)29(20(30)28-8-10-34(31)11-9-28)13-15-3-2-14(12-25-15)18-26-27-19(33-18)21(22,23)24/h2-7,12H,8-11,13H2,1H3. The molecular formula is C21H20F3N5O4S. The van der Waals surface area contributed by atoms with Crippen LogP contribution >= 0.6 is 0 Å². The van der Waals surface area contributed by atoms with Crippen LogP contribution in [0.2, 0.25) is 0 Å². The van der Waals surface area contributed by atoms with Gasteiger partial charge in [0.2, 0.25) is 5.89 Å². The van der Waals surface area contributed by atoms with Gasteiger partial charge in [-0.05, 0) is 36.4 Å². The van der Waals surface area contributed by atoms with Crippen LogP contribution in [0.1, 0.15) is 11.6 Å².